The van der Waals surface area contributed by atoms with Gasteiger partial charge in [-0.3, -0.25) is 4.79 Å². The number of hydrogen-bond donors (Lipinski definition) is 2. The first kappa shape index (κ1) is 17.6. The summed E-state index contributed by atoms with van der Waals surface area (Å²) in [5.41, 5.74) is 1.49. The zero-order valence-corrected chi connectivity index (χ0v) is 15.1. The molecule has 1 fully saturated rings. The van der Waals surface area contributed by atoms with Crippen molar-refractivity contribution >= 4 is 5.91 Å². The molecule has 0 spiro atoms. The van der Waals surface area contributed by atoms with E-state index >= 15 is 0 Å². The van der Waals surface area contributed by atoms with E-state index in [-0.39, 0.29) is 17.4 Å². The number of carbonyl (C=O) groups is 1. The number of rotatable bonds is 4. The van der Waals surface area contributed by atoms with Gasteiger partial charge >= 0.3 is 0 Å². The highest BCUT2D eigenvalue weighted by Gasteiger charge is 2.19. The minimum atomic E-state index is -0.0611. The fourth-order valence-electron chi connectivity index (χ4n) is 2.94. The van der Waals surface area contributed by atoms with Gasteiger partial charge in [0.05, 0.1) is 0 Å². The Morgan fingerprint density at radius 2 is 2.24 bits per heavy atom. The summed E-state index contributed by atoms with van der Waals surface area (Å²) in [4.78, 5) is 16.9. The third-order valence-corrected chi connectivity index (χ3v) is 4.16. The molecule has 0 bridgehead atoms. The number of benzene rings is 1. The average Bonchev–Trinajstić information content (AvgIpc) is 3.02. The summed E-state index contributed by atoms with van der Waals surface area (Å²) in [5, 5.41) is 10.4. The highest BCUT2D eigenvalue weighted by atomic mass is 16.5. The number of amides is 1. The van der Waals surface area contributed by atoms with E-state index in [0.717, 1.165) is 37.9 Å². The molecule has 134 valence electrons. The Hall–Kier alpha value is -2.21. The highest BCUT2D eigenvalue weighted by Crippen LogP contribution is 2.22. The molecular weight excluding hydrogens is 316 g/mol. The lowest BCUT2D eigenvalue weighted by atomic mass is 9.92. The number of nitrogens with one attached hydrogen (secondary N) is 2. The fraction of sp³-hybridized carbons (Fsp3) is 0.526. The molecule has 25 heavy (non-hydrogen) atoms. The number of aromatic nitrogens is 2. The van der Waals surface area contributed by atoms with Crippen molar-refractivity contribution in [3.8, 4) is 11.4 Å². The lowest BCUT2D eigenvalue weighted by Crippen LogP contribution is -2.45. The third kappa shape index (κ3) is 4.89. The lowest BCUT2D eigenvalue weighted by Gasteiger charge is -2.23. The number of carbonyl (C=O) groups excluding carboxylic acids is 1. The van der Waals surface area contributed by atoms with Crippen molar-refractivity contribution in [2.45, 2.75) is 46.1 Å². The van der Waals surface area contributed by atoms with Gasteiger partial charge in [-0.15, -0.1) is 0 Å². The second kappa shape index (κ2) is 7.35. The van der Waals surface area contributed by atoms with Crippen LogP contribution in [0, 0.1) is 5.41 Å². The van der Waals surface area contributed by atoms with E-state index in [2.05, 4.69) is 41.5 Å². The minimum Gasteiger partial charge on any atom is -0.348 e. The molecule has 1 atom stereocenters. The van der Waals surface area contributed by atoms with Crippen LogP contribution in [0.2, 0.25) is 0 Å². The van der Waals surface area contributed by atoms with Crippen LogP contribution in [0.4, 0.5) is 0 Å². The lowest BCUT2D eigenvalue weighted by molar-refractivity contribution is 0.0930. The van der Waals surface area contributed by atoms with Crippen molar-refractivity contribution in [3.05, 3.63) is 35.7 Å². The summed E-state index contributed by atoms with van der Waals surface area (Å²) in [6, 6.07) is 7.56. The van der Waals surface area contributed by atoms with Crippen LogP contribution < -0.4 is 10.6 Å². The maximum atomic E-state index is 12.5. The van der Waals surface area contributed by atoms with Gasteiger partial charge in [0.1, 0.15) is 0 Å². The van der Waals surface area contributed by atoms with Gasteiger partial charge in [0, 0.05) is 30.1 Å². The van der Waals surface area contributed by atoms with E-state index < -0.39 is 0 Å². The smallest absolute Gasteiger partial charge is 0.251 e. The van der Waals surface area contributed by atoms with Gasteiger partial charge in [-0.2, -0.15) is 4.98 Å². The summed E-state index contributed by atoms with van der Waals surface area (Å²) in [6.45, 7) is 8.23. The van der Waals surface area contributed by atoms with E-state index in [0.29, 0.717) is 17.3 Å². The van der Waals surface area contributed by atoms with Gasteiger partial charge in [0.2, 0.25) is 11.7 Å². The molecule has 1 aromatic heterocycles. The first-order valence-electron chi connectivity index (χ1n) is 8.85. The van der Waals surface area contributed by atoms with E-state index in [1.165, 1.54) is 0 Å². The fourth-order valence-corrected chi connectivity index (χ4v) is 2.94. The molecule has 1 aliphatic heterocycles. The van der Waals surface area contributed by atoms with Crippen molar-refractivity contribution in [1.29, 1.82) is 0 Å². The van der Waals surface area contributed by atoms with Gasteiger partial charge in [-0.05, 0) is 36.9 Å². The molecule has 6 nitrogen and oxygen atoms in total. The summed E-state index contributed by atoms with van der Waals surface area (Å²) in [7, 11) is 0. The summed E-state index contributed by atoms with van der Waals surface area (Å²) >= 11 is 0. The Morgan fingerprint density at radius 3 is 2.96 bits per heavy atom. The molecule has 2 N–H and O–H groups in total. The molecule has 0 aliphatic carbocycles. The van der Waals surface area contributed by atoms with Crippen molar-refractivity contribution in [2.24, 2.45) is 5.41 Å². The topological polar surface area (TPSA) is 80.0 Å². The quantitative estimate of drug-likeness (QED) is 0.893. The van der Waals surface area contributed by atoms with Crippen LogP contribution in [-0.2, 0) is 6.42 Å². The predicted molar refractivity (Wildman–Crippen MR) is 96.3 cm³/mol. The zero-order valence-electron chi connectivity index (χ0n) is 15.1. The first-order chi connectivity index (χ1) is 11.9. The van der Waals surface area contributed by atoms with Crippen molar-refractivity contribution in [1.82, 2.24) is 20.8 Å². The molecule has 1 amide bonds. The van der Waals surface area contributed by atoms with E-state index in [1.54, 1.807) is 0 Å². The molecule has 1 unspecified atom stereocenters. The molecule has 0 radical (unpaired) electrons. The molecule has 1 saturated heterocycles. The maximum Gasteiger partial charge on any atom is 0.251 e. The highest BCUT2D eigenvalue weighted by molar-refractivity contribution is 5.95. The van der Waals surface area contributed by atoms with Crippen LogP contribution in [0.1, 0.15) is 49.9 Å². The SMILES string of the molecule is CC(C)(C)Cc1nc(-c2cccc(C(=O)NC3CCCNC3)c2)no1. The van der Waals surface area contributed by atoms with E-state index in [1.807, 2.05) is 24.3 Å². The van der Waals surface area contributed by atoms with Crippen molar-refractivity contribution in [2.75, 3.05) is 13.1 Å². The monoisotopic (exact) mass is 342 g/mol. The second-order valence-electron chi connectivity index (χ2n) is 7.85. The van der Waals surface area contributed by atoms with E-state index in [9.17, 15) is 4.79 Å². The molecule has 3 rings (SSSR count). The minimum absolute atomic E-state index is 0.0611. The summed E-state index contributed by atoms with van der Waals surface area (Å²) in [6.07, 6.45) is 2.82. The van der Waals surface area contributed by atoms with Gasteiger partial charge in [0.25, 0.3) is 5.91 Å². The van der Waals surface area contributed by atoms with Gasteiger partial charge in [0.15, 0.2) is 0 Å². The number of piperidine rings is 1. The Kier molecular flexibility index (Phi) is 5.18. The van der Waals surface area contributed by atoms with Crippen LogP contribution in [0.3, 0.4) is 0 Å². The third-order valence-electron chi connectivity index (χ3n) is 4.16. The molecule has 1 aliphatic rings. The van der Waals surface area contributed by atoms with E-state index in [4.69, 9.17) is 4.52 Å². The molecule has 1 aromatic carbocycles. The molecule has 6 heteroatoms. The zero-order chi connectivity index (χ0) is 17.9. The molecular formula is C19H26N4O2. The van der Waals surface area contributed by atoms with Crippen LogP contribution in [0.5, 0.6) is 0 Å². The van der Waals surface area contributed by atoms with Crippen LogP contribution in [0.25, 0.3) is 11.4 Å². The van der Waals surface area contributed by atoms with Crippen LogP contribution in [-0.4, -0.2) is 35.2 Å². The largest absolute Gasteiger partial charge is 0.348 e. The summed E-state index contributed by atoms with van der Waals surface area (Å²) < 4.78 is 5.35. The predicted octanol–water partition coefficient (Wildman–Crippen LogP) is 2.81. The van der Waals surface area contributed by atoms with Crippen LogP contribution in [0.15, 0.2) is 28.8 Å². The average molecular weight is 342 g/mol. The van der Waals surface area contributed by atoms with Crippen molar-refractivity contribution < 1.29 is 9.32 Å². The number of nitrogens with zero attached hydrogens (tertiary/aromatic N) is 2. The second-order valence-corrected chi connectivity index (χ2v) is 7.85. The Balaban J connectivity index is 1.71. The Morgan fingerprint density at radius 1 is 1.40 bits per heavy atom. The summed E-state index contributed by atoms with van der Waals surface area (Å²) in [5.74, 6) is 1.08. The Labute approximate surface area is 148 Å². The molecule has 2 aromatic rings. The standard InChI is InChI=1S/C19H26N4O2/c1-19(2,3)11-16-22-17(23-25-16)13-6-4-7-14(10-13)18(24)21-15-8-5-9-20-12-15/h4,6-7,10,15,20H,5,8-9,11-12H2,1-3H3,(H,21,24). The van der Waals surface area contributed by atoms with Gasteiger partial charge < -0.3 is 15.2 Å². The Bertz CT molecular complexity index is 727. The molecule has 0 saturated carbocycles. The first-order valence-corrected chi connectivity index (χ1v) is 8.85. The maximum absolute atomic E-state index is 12.5. The van der Waals surface area contributed by atoms with Crippen LogP contribution >= 0.6 is 0 Å². The van der Waals surface area contributed by atoms with Gasteiger partial charge in [-0.25, -0.2) is 0 Å². The molecule has 2 heterocycles. The van der Waals surface area contributed by atoms with Gasteiger partial charge in [-0.1, -0.05) is 38.1 Å². The number of hydrogen-bond acceptors (Lipinski definition) is 5. The normalized spacial score (nSPS) is 18.1. The van der Waals surface area contributed by atoms with Crippen molar-refractivity contribution in [3.63, 3.8) is 0 Å².